The molecule has 0 aliphatic rings. The zero-order valence-corrected chi connectivity index (χ0v) is 13.4. The number of nitrogens with zero attached hydrogens (tertiary/aromatic N) is 2. The molecule has 106 valence electrons. The van der Waals surface area contributed by atoms with E-state index in [0.717, 1.165) is 12.0 Å². The quantitative estimate of drug-likeness (QED) is 0.781. The van der Waals surface area contributed by atoms with E-state index < -0.39 is 14.0 Å². The summed E-state index contributed by atoms with van der Waals surface area (Å²) in [6, 6.07) is 7.27. The van der Waals surface area contributed by atoms with Gasteiger partial charge in [-0.3, -0.25) is 4.79 Å². The SMILES string of the molecule is CC[Si](CC)(CC)CN(C)c1cc(C(N)=O)ccn1. The minimum atomic E-state index is -1.24. The molecule has 1 amide bonds. The maximum atomic E-state index is 11.2. The monoisotopic (exact) mass is 279 g/mol. The average Bonchev–Trinajstić information content (AvgIpc) is 2.45. The van der Waals surface area contributed by atoms with Gasteiger partial charge in [-0.2, -0.15) is 0 Å². The van der Waals surface area contributed by atoms with Crippen molar-refractivity contribution >= 4 is 19.8 Å². The summed E-state index contributed by atoms with van der Waals surface area (Å²) in [6.07, 6.45) is 2.73. The molecule has 0 atom stereocenters. The van der Waals surface area contributed by atoms with Crippen molar-refractivity contribution in [2.75, 3.05) is 18.1 Å². The van der Waals surface area contributed by atoms with Crippen LogP contribution >= 0.6 is 0 Å². The molecule has 1 rings (SSSR count). The lowest BCUT2D eigenvalue weighted by atomic mass is 10.2. The van der Waals surface area contributed by atoms with Crippen molar-refractivity contribution in [2.45, 2.75) is 38.9 Å². The summed E-state index contributed by atoms with van der Waals surface area (Å²) in [7, 11) is 0.813. The van der Waals surface area contributed by atoms with Gasteiger partial charge in [0.05, 0.1) is 8.07 Å². The molecule has 1 aromatic rings. The van der Waals surface area contributed by atoms with Gasteiger partial charge in [-0.1, -0.05) is 38.9 Å². The van der Waals surface area contributed by atoms with Crippen molar-refractivity contribution in [3.63, 3.8) is 0 Å². The number of primary amides is 1. The fourth-order valence-corrected chi connectivity index (χ4v) is 5.79. The van der Waals surface area contributed by atoms with Crippen molar-refractivity contribution in [2.24, 2.45) is 5.73 Å². The fraction of sp³-hybridized carbons (Fsp3) is 0.571. The fourth-order valence-electron chi connectivity index (χ4n) is 2.45. The highest BCUT2D eigenvalue weighted by Gasteiger charge is 2.28. The molecule has 1 aromatic heterocycles. The maximum Gasteiger partial charge on any atom is 0.248 e. The van der Waals surface area contributed by atoms with Gasteiger partial charge in [0, 0.05) is 25.0 Å². The smallest absolute Gasteiger partial charge is 0.248 e. The molecule has 0 aromatic carbocycles. The summed E-state index contributed by atoms with van der Waals surface area (Å²) >= 11 is 0. The highest BCUT2D eigenvalue weighted by Crippen LogP contribution is 2.23. The number of hydrogen-bond donors (Lipinski definition) is 1. The summed E-state index contributed by atoms with van der Waals surface area (Å²) in [5.74, 6) is 0.436. The van der Waals surface area contributed by atoms with Crippen LogP contribution in [0, 0.1) is 0 Å². The van der Waals surface area contributed by atoms with Crippen LogP contribution in [0.25, 0.3) is 0 Å². The zero-order chi connectivity index (χ0) is 14.5. The second-order valence-corrected chi connectivity index (χ2v) is 10.6. The van der Waals surface area contributed by atoms with Crippen molar-refractivity contribution in [3.05, 3.63) is 23.9 Å². The van der Waals surface area contributed by atoms with Gasteiger partial charge in [-0.05, 0) is 12.1 Å². The largest absolute Gasteiger partial charge is 0.366 e. The summed E-state index contributed by atoms with van der Waals surface area (Å²) < 4.78 is 0. The first-order valence-electron chi connectivity index (χ1n) is 6.95. The van der Waals surface area contributed by atoms with Gasteiger partial charge in [-0.25, -0.2) is 4.98 Å². The molecule has 0 unspecified atom stereocenters. The maximum absolute atomic E-state index is 11.2. The van der Waals surface area contributed by atoms with Gasteiger partial charge in [0.25, 0.3) is 0 Å². The number of nitrogens with two attached hydrogens (primary N) is 1. The number of carbonyl (C=O) groups is 1. The molecule has 0 spiro atoms. The Hall–Kier alpha value is -1.36. The van der Waals surface area contributed by atoms with Gasteiger partial charge in [0.1, 0.15) is 5.82 Å². The van der Waals surface area contributed by atoms with E-state index in [-0.39, 0.29) is 0 Å². The van der Waals surface area contributed by atoms with Crippen LogP contribution in [0.5, 0.6) is 0 Å². The average molecular weight is 279 g/mol. The van der Waals surface area contributed by atoms with Crippen LogP contribution in [-0.4, -0.2) is 32.2 Å². The molecular weight excluding hydrogens is 254 g/mol. The summed E-state index contributed by atoms with van der Waals surface area (Å²) in [5.41, 5.74) is 5.83. The molecular formula is C14H25N3OSi. The van der Waals surface area contributed by atoms with Gasteiger partial charge in [-0.15, -0.1) is 0 Å². The van der Waals surface area contributed by atoms with Crippen LogP contribution in [0.3, 0.4) is 0 Å². The summed E-state index contributed by atoms with van der Waals surface area (Å²) in [5, 5.41) is 0. The third-order valence-electron chi connectivity index (χ3n) is 4.24. The number of aromatic nitrogens is 1. The highest BCUT2D eigenvalue weighted by molar-refractivity contribution is 6.80. The second-order valence-electron chi connectivity index (χ2n) is 5.18. The van der Waals surface area contributed by atoms with Gasteiger partial charge in [0.15, 0.2) is 0 Å². The second kappa shape index (κ2) is 6.70. The molecule has 0 saturated carbocycles. The summed E-state index contributed by atoms with van der Waals surface area (Å²) in [6.45, 7) is 6.88. The molecule has 0 fully saturated rings. The lowest BCUT2D eigenvalue weighted by Crippen LogP contribution is -2.45. The van der Waals surface area contributed by atoms with E-state index >= 15 is 0 Å². The molecule has 1 heterocycles. The van der Waals surface area contributed by atoms with E-state index in [0.29, 0.717) is 5.56 Å². The summed E-state index contributed by atoms with van der Waals surface area (Å²) in [4.78, 5) is 17.7. The molecule has 0 bridgehead atoms. The molecule has 0 aliphatic heterocycles. The Morgan fingerprint density at radius 2 is 1.89 bits per heavy atom. The van der Waals surface area contributed by atoms with Gasteiger partial charge < -0.3 is 10.6 Å². The molecule has 4 nitrogen and oxygen atoms in total. The van der Waals surface area contributed by atoms with Crippen LogP contribution in [0.15, 0.2) is 18.3 Å². The van der Waals surface area contributed by atoms with Gasteiger partial charge in [0.2, 0.25) is 5.91 Å². The standard InChI is InChI=1S/C14H25N3OSi/c1-5-19(6-2,7-3)11-17(4)13-10-12(14(15)18)8-9-16-13/h8-10H,5-7,11H2,1-4H3,(H2,15,18). The number of rotatable bonds is 7. The Bertz CT molecular complexity index is 424. The van der Waals surface area contributed by atoms with E-state index in [1.165, 1.54) is 18.1 Å². The number of pyridine rings is 1. The van der Waals surface area contributed by atoms with Crippen LogP contribution in [0.4, 0.5) is 5.82 Å². The Labute approximate surface area is 117 Å². The number of anilines is 1. The van der Waals surface area contributed by atoms with E-state index in [4.69, 9.17) is 5.73 Å². The van der Waals surface area contributed by atoms with E-state index in [9.17, 15) is 4.79 Å². The van der Waals surface area contributed by atoms with Crippen molar-refractivity contribution in [3.8, 4) is 0 Å². The van der Waals surface area contributed by atoms with E-state index in [1.54, 1.807) is 18.3 Å². The molecule has 0 radical (unpaired) electrons. The number of hydrogen-bond acceptors (Lipinski definition) is 3. The van der Waals surface area contributed by atoms with Crippen LogP contribution in [0.1, 0.15) is 31.1 Å². The van der Waals surface area contributed by atoms with Crippen LogP contribution in [-0.2, 0) is 0 Å². The van der Waals surface area contributed by atoms with E-state index in [2.05, 4.69) is 37.7 Å². The predicted molar refractivity (Wildman–Crippen MR) is 83.2 cm³/mol. The Morgan fingerprint density at radius 1 is 1.32 bits per heavy atom. The van der Waals surface area contributed by atoms with Crippen molar-refractivity contribution in [1.82, 2.24) is 4.98 Å². The van der Waals surface area contributed by atoms with Crippen LogP contribution < -0.4 is 10.6 Å². The first kappa shape index (κ1) is 15.7. The third kappa shape index (κ3) is 3.80. The van der Waals surface area contributed by atoms with Crippen molar-refractivity contribution in [1.29, 1.82) is 0 Å². The first-order valence-corrected chi connectivity index (χ1v) is 9.77. The Balaban J connectivity index is 2.91. The lowest BCUT2D eigenvalue weighted by Gasteiger charge is -2.33. The topological polar surface area (TPSA) is 59.2 Å². The minimum absolute atomic E-state index is 0.401. The highest BCUT2D eigenvalue weighted by atomic mass is 28.3. The first-order chi connectivity index (χ1) is 8.98. The number of carbonyl (C=O) groups excluding carboxylic acids is 1. The Morgan fingerprint density at radius 3 is 2.37 bits per heavy atom. The Kier molecular flexibility index (Phi) is 5.54. The van der Waals surface area contributed by atoms with Crippen LogP contribution in [0.2, 0.25) is 18.1 Å². The number of amides is 1. The van der Waals surface area contributed by atoms with E-state index in [1.807, 2.05) is 0 Å². The molecule has 0 aliphatic carbocycles. The van der Waals surface area contributed by atoms with Crippen molar-refractivity contribution < 1.29 is 4.79 Å². The molecule has 2 N–H and O–H groups in total. The molecule has 19 heavy (non-hydrogen) atoms. The normalized spacial score (nSPS) is 11.4. The van der Waals surface area contributed by atoms with Gasteiger partial charge >= 0.3 is 0 Å². The zero-order valence-electron chi connectivity index (χ0n) is 12.4. The lowest BCUT2D eigenvalue weighted by molar-refractivity contribution is 0.1000. The third-order valence-corrected chi connectivity index (χ3v) is 9.89. The predicted octanol–water partition coefficient (Wildman–Crippen LogP) is 2.66. The molecule has 0 saturated heterocycles. The molecule has 5 heteroatoms. The minimum Gasteiger partial charge on any atom is -0.366 e.